The summed E-state index contributed by atoms with van der Waals surface area (Å²) in [7, 11) is 0. The molecule has 0 saturated carbocycles. The third-order valence-electron chi connectivity index (χ3n) is 5.78. The summed E-state index contributed by atoms with van der Waals surface area (Å²) in [6.07, 6.45) is 1.47. The lowest BCUT2D eigenvalue weighted by atomic mass is 9.74. The predicted molar refractivity (Wildman–Crippen MR) is 121 cm³/mol. The van der Waals surface area contributed by atoms with E-state index in [1.165, 1.54) is 17.4 Å². The Balaban J connectivity index is 1.39. The number of rotatable bonds is 6. The highest BCUT2D eigenvalue weighted by Crippen LogP contribution is 2.34. The molecule has 1 aliphatic rings. The van der Waals surface area contributed by atoms with Gasteiger partial charge in [-0.2, -0.15) is 0 Å². The van der Waals surface area contributed by atoms with Crippen molar-refractivity contribution in [3.63, 3.8) is 0 Å². The van der Waals surface area contributed by atoms with Crippen LogP contribution in [0, 0.1) is 5.82 Å². The summed E-state index contributed by atoms with van der Waals surface area (Å²) < 4.78 is 19.4. The van der Waals surface area contributed by atoms with E-state index in [-0.39, 0.29) is 23.3 Å². The molecule has 1 aliphatic heterocycles. The molecular weight excluding hydrogens is 413 g/mol. The lowest BCUT2D eigenvalue weighted by Crippen LogP contribution is -2.47. The zero-order valence-electron chi connectivity index (χ0n) is 17.4. The number of aromatic nitrogens is 1. The summed E-state index contributed by atoms with van der Waals surface area (Å²) in [6, 6.07) is 16.1. The number of amides is 2. The van der Waals surface area contributed by atoms with Crippen LogP contribution in [0.15, 0.2) is 60.0 Å². The van der Waals surface area contributed by atoms with E-state index in [9.17, 15) is 9.18 Å². The molecule has 162 valence electrons. The fourth-order valence-corrected chi connectivity index (χ4v) is 4.77. The molecule has 0 radical (unpaired) electrons. The van der Waals surface area contributed by atoms with Crippen molar-refractivity contribution in [2.75, 3.05) is 19.8 Å². The smallest absolute Gasteiger partial charge is 0.315 e. The van der Waals surface area contributed by atoms with Crippen LogP contribution in [-0.4, -0.2) is 30.8 Å². The molecule has 2 N–H and O–H groups in total. The van der Waals surface area contributed by atoms with Crippen LogP contribution in [-0.2, 0) is 10.2 Å². The minimum atomic E-state index is -0.331. The number of hydrogen-bond donors (Lipinski definition) is 2. The molecule has 2 heterocycles. The normalized spacial score (nSPS) is 16.5. The molecular formula is C24H26FN3O2S. The van der Waals surface area contributed by atoms with Crippen molar-refractivity contribution in [2.45, 2.75) is 31.2 Å². The minimum Gasteiger partial charge on any atom is -0.381 e. The van der Waals surface area contributed by atoms with Gasteiger partial charge in [-0.25, -0.2) is 14.2 Å². The molecule has 1 atom stereocenters. The molecule has 1 fully saturated rings. The van der Waals surface area contributed by atoms with E-state index < -0.39 is 0 Å². The van der Waals surface area contributed by atoms with Gasteiger partial charge in [-0.05, 0) is 37.5 Å². The van der Waals surface area contributed by atoms with Gasteiger partial charge in [0.25, 0.3) is 0 Å². The number of urea groups is 1. The van der Waals surface area contributed by atoms with Crippen molar-refractivity contribution in [1.29, 1.82) is 0 Å². The van der Waals surface area contributed by atoms with E-state index >= 15 is 0 Å². The van der Waals surface area contributed by atoms with Gasteiger partial charge in [0.2, 0.25) is 0 Å². The van der Waals surface area contributed by atoms with Gasteiger partial charge in [0, 0.05) is 36.1 Å². The van der Waals surface area contributed by atoms with Crippen molar-refractivity contribution < 1.29 is 13.9 Å². The molecule has 0 bridgehead atoms. The highest BCUT2D eigenvalue weighted by atomic mass is 32.1. The zero-order valence-corrected chi connectivity index (χ0v) is 18.3. The highest BCUT2D eigenvalue weighted by molar-refractivity contribution is 7.10. The highest BCUT2D eigenvalue weighted by Gasteiger charge is 2.35. The maximum absolute atomic E-state index is 13.8. The van der Waals surface area contributed by atoms with E-state index in [1.54, 1.807) is 12.1 Å². The second-order valence-electron chi connectivity index (χ2n) is 7.89. The molecule has 2 amide bonds. The van der Waals surface area contributed by atoms with Crippen LogP contribution in [0.5, 0.6) is 0 Å². The number of carbonyl (C=O) groups is 1. The summed E-state index contributed by atoms with van der Waals surface area (Å²) in [5, 5.41) is 8.82. The number of nitrogens with zero attached hydrogens (tertiary/aromatic N) is 1. The molecule has 1 unspecified atom stereocenters. The first kappa shape index (κ1) is 21.5. The Hall–Kier alpha value is -2.77. The van der Waals surface area contributed by atoms with Gasteiger partial charge in [-0.1, -0.05) is 42.5 Å². The minimum absolute atomic E-state index is 0.220. The molecule has 1 aromatic heterocycles. The van der Waals surface area contributed by atoms with Gasteiger partial charge in [-0.3, -0.25) is 0 Å². The van der Waals surface area contributed by atoms with Crippen LogP contribution in [0.25, 0.3) is 11.3 Å². The third-order valence-corrected chi connectivity index (χ3v) is 6.81. The number of carbonyl (C=O) groups excluding carboxylic acids is 1. The van der Waals surface area contributed by atoms with Crippen LogP contribution in [0.3, 0.4) is 0 Å². The molecule has 2 aromatic carbocycles. The van der Waals surface area contributed by atoms with Crippen molar-refractivity contribution in [1.82, 2.24) is 15.6 Å². The van der Waals surface area contributed by atoms with Gasteiger partial charge < -0.3 is 15.4 Å². The van der Waals surface area contributed by atoms with Crippen LogP contribution >= 0.6 is 11.3 Å². The zero-order chi connectivity index (χ0) is 21.7. The van der Waals surface area contributed by atoms with E-state index in [0.29, 0.717) is 19.8 Å². The first-order valence-electron chi connectivity index (χ1n) is 10.4. The summed E-state index contributed by atoms with van der Waals surface area (Å²) in [6.45, 7) is 3.53. The monoisotopic (exact) mass is 439 g/mol. The van der Waals surface area contributed by atoms with Gasteiger partial charge in [0.15, 0.2) is 0 Å². The Bertz CT molecular complexity index is 1020. The predicted octanol–water partition coefficient (Wildman–Crippen LogP) is 5.06. The number of benzene rings is 2. The first-order valence-corrected chi connectivity index (χ1v) is 11.3. The lowest BCUT2D eigenvalue weighted by Gasteiger charge is -2.38. The molecule has 5 nitrogen and oxygen atoms in total. The van der Waals surface area contributed by atoms with Gasteiger partial charge in [0.1, 0.15) is 10.8 Å². The van der Waals surface area contributed by atoms with Crippen LogP contribution in [0.2, 0.25) is 0 Å². The first-order chi connectivity index (χ1) is 15.1. The van der Waals surface area contributed by atoms with Crippen LogP contribution in [0.1, 0.15) is 36.4 Å². The number of thiazole rings is 1. The fraction of sp³-hybridized carbons (Fsp3) is 0.333. The van der Waals surface area contributed by atoms with E-state index in [0.717, 1.165) is 34.7 Å². The van der Waals surface area contributed by atoms with E-state index in [1.807, 2.05) is 48.7 Å². The number of hydrogen-bond acceptors (Lipinski definition) is 4. The second kappa shape index (κ2) is 9.58. The van der Waals surface area contributed by atoms with Crippen molar-refractivity contribution in [2.24, 2.45) is 0 Å². The van der Waals surface area contributed by atoms with Crippen LogP contribution in [0.4, 0.5) is 9.18 Å². The Morgan fingerprint density at radius 3 is 2.71 bits per heavy atom. The fourth-order valence-electron chi connectivity index (χ4n) is 3.93. The number of halogens is 1. The second-order valence-corrected chi connectivity index (χ2v) is 8.78. The average Bonchev–Trinajstić information content (AvgIpc) is 3.30. The van der Waals surface area contributed by atoms with E-state index in [2.05, 4.69) is 15.6 Å². The summed E-state index contributed by atoms with van der Waals surface area (Å²) in [5.74, 6) is -0.264. The summed E-state index contributed by atoms with van der Waals surface area (Å²) in [5.41, 5.74) is 2.53. The number of nitrogens with one attached hydrogen (secondary N) is 2. The molecule has 4 rings (SSSR count). The Morgan fingerprint density at radius 1 is 1.19 bits per heavy atom. The number of ether oxygens (including phenoxy) is 1. The van der Waals surface area contributed by atoms with Crippen molar-refractivity contribution >= 4 is 17.4 Å². The third kappa shape index (κ3) is 5.11. The van der Waals surface area contributed by atoms with Crippen LogP contribution < -0.4 is 10.6 Å². The lowest BCUT2D eigenvalue weighted by molar-refractivity contribution is 0.0505. The van der Waals surface area contributed by atoms with Crippen molar-refractivity contribution in [3.05, 3.63) is 76.4 Å². The molecule has 0 aliphatic carbocycles. The summed E-state index contributed by atoms with van der Waals surface area (Å²) in [4.78, 5) is 17.3. The van der Waals surface area contributed by atoms with Gasteiger partial charge >= 0.3 is 6.03 Å². The standard InChI is InChI=1S/C24H26FN3O2S/c1-17(22-28-21(15-31-22)18-6-3-2-4-7-18)27-23(29)26-16-24(10-12-30-13-11-24)19-8-5-9-20(25)14-19/h2-9,14-15,17H,10-13,16H2,1H3,(H2,26,27,29). The van der Waals surface area contributed by atoms with E-state index in [4.69, 9.17) is 4.74 Å². The van der Waals surface area contributed by atoms with Gasteiger partial charge in [0.05, 0.1) is 11.7 Å². The molecule has 3 aromatic rings. The Kier molecular flexibility index (Phi) is 6.63. The maximum atomic E-state index is 13.8. The SMILES string of the molecule is CC(NC(=O)NCC1(c2cccc(F)c2)CCOCC1)c1nc(-c2ccccc2)cs1. The topological polar surface area (TPSA) is 63.2 Å². The Labute approximate surface area is 185 Å². The quantitative estimate of drug-likeness (QED) is 0.564. The van der Waals surface area contributed by atoms with Gasteiger partial charge in [-0.15, -0.1) is 11.3 Å². The molecule has 7 heteroatoms. The molecule has 0 spiro atoms. The largest absolute Gasteiger partial charge is 0.381 e. The molecule has 1 saturated heterocycles. The average molecular weight is 440 g/mol. The summed E-state index contributed by atoms with van der Waals surface area (Å²) >= 11 is 1.53. The maximum Gasteiger partial charge on any atom is 0.315 e. The Morgan fingerprint density at radius 2 is 1.97 bits per heavy atom. The van der Waals surface area contributed by atoms with Crippen molar-refractivity contribution in [3.8, 4) is 11.3 Å². The molecule has 31 heavy (non-hydrogen) atoms.